The SMILES string of the molecule is CCCCOc1cccc(-c2ccc([C@@H]3[C@@H](CC[C@H](O)c4ccc(F)cc4)C(=O)N3c3ccccc3)c(OCCCC)c2)c1. The lowest BCUT2D eigenvalue weighted by atomic mass is 9.77. The van der Waals surface area contributed by atoms with Gasteiger partial charge < -0.3 is 19.5 Å². The second kappa shape index (κ2) is 15.0. The van der Waals surface area contributed by atoms with Gasteiger partial charge in [0.25, 0.3) is 0 Å². The van der Waals surface area contributed by atoms with E-state index in [4.69, 9.17) is 9.47 Å². The van der Waals surface area contributed by atoms with E-state index < -0.39 is 6.10 Å². The van der Waals surface area contributed by atoms with Gasteiger partial charge in [-0.25, -0.2) is 4.39 Å². The molecule has 5 rings (SSSR count). The minimum atomic E-state index is -0.788. The summed E-state index contributed by atoms with van der Waals surface area (Å²) in [5.74, 6) is 0.945. The predicted molar refractivity (Wildman–Crippen MR) is 173 cm³/mol. The molecule has 4 aromatic rings. The number of hydrogen-bond donors (Lipinski definition) is 1. The Balaban J connectivity index is 1.46. The number of carbonyl (C=O) groups excluding carboxylic acids is 1. The van der Waals surface area contributed by atoms with Crippen LogP contribution in [0.25, 0.3) is 11.1 Å². The molecule has 44 heavy (non-hydrogen) atoms. The molecule has 230 valence electrons. The molecule has 1 aliphatic rings. The first-order chi connectivity index (χ1) is 21.5. The van der Waals surface area contributed by atoms with Crippen LogP contribution >= 0.6 is 0 Å². The Morgan fingerprint density at radius 1 is 0.818 bits per heavy atom. The number of hydrogen-bond acceptors (Lipinski definition) is 4. The first-order valence-corrected chi connectivity index (χ1v) is 15.8. The number of benzene rings is 4. The summed E-state index contributed by atoms with van der Waals surface area (Å²) in [6.45, 7) is 5.54. The van der Waals surface area contributed by atoms with E-state index in [-0.39, 0.29) is 23.7 Å². The van der Waals surface area contributed by atoms with Crippen molar-refractivity contribution in [3.8, 4) is 22.6 Å². The second-order valence-electron chi connectivity index (χ2n) is 11.4. The van der Waals surface area contributed by atoms with Crippen LogP contribution in [0, 0.1) is 11.7 Å². The van der Waals surface area contributed by atoms with Crippen molar-refractivity contribution in [2.45, 2.75) is 64.5 Å². The van der Waals surface area contributed by atoms with Crippen molar-refractivity contribution in [3.05, 3.63) is 114 Å². The Hall–Kier alpha value is -4.16. The van der Waals surface area contributed by atoms with Crippen LogP contribution in [0.15, 0.2) is 97.1 Å². The minimum Gasteiger partial charge on any atom is -0.494 e. The van der Waals surface area contributed by atoms with Gasteiger partial charge in [0.1, 0.15) is 17.3 Å². The van der Waals surface area contributed by atoms with E-state index in [0.29, 0.717) is 31.6 Å². The molecule has 0 saturated carbocycles. The summed E-state index contributed by atoms with van der Waals surface area (Å²) in [6.07, 6.45) is 4.10. The standard InChI is InChI=1S/C38H42FNO4/c1-3-5-23-43-32-14-10-11-28(25-32)29-17-20-33(36(26-29)44-24-6-4-2)37-34(38(42)40(37)31-12-8-7-9-13-31)21-22-35(41)27-15-18-30(39)19-16-27/h7-20,25-26,34-35,37,41H,3-6,21-24H2,1-2H3/t34-,35+,37-/m1/s1. The van der Waals surface area contributed by atoms with E-state index >= 15 is 0 Å². The predicted octanol–water partition coefficient (Wildman–Crippen LogP) is 9.07. The monoisotopic (exact) mass is 595 g/mol. The van der Waals surface area contributed by atoms with E-state index in [1.165, 1.54) is 12.1 Å². The van der Waals surface area contributed by atoms with E-state index in [0.717, 1.165) is 59.6 Å². The quantitative estimate of drug-likeness (QED) is 0.110. The zero-order valence-electron chi connectivity index (χ0n) is 25.6. The number of halogens is 1. The van der Waals surface area contributed by atoms with Crippen LogP contribution in [0.1, 0.15) is 75.6 Å². The Labute approximate surface area is 260 Å². The fourth-order valence-corrected chi connectivity index (χ4v) is 5.76. The van der Waals surface area contributed by atoms with Crippen LogP contribution in [-0.4, -0.2) is 24.2 Å². The highest BCUT2D eigenvalue weighted by molar-refractivity contribution is 6.03. The number of nitrogens with zero attached hydrogens (tertiary/aromatic N) is 1. The molecule has 3 atom stereocenters. The molecule has 0 spiro atoms. The Kier molecular flexibility index (Phi) is 10.7. The summed E-state index contributed by atoms with van der Waals surface area (Å²) in [6, 6.07) is 29.7. The smallest absolute Gasteiger partial charge is 0.233 e. The van der Waals surface area contributed by atoms with Gasteiger partial charge >= 0.3 is 0 Å². The summed E-state index contributed by atoms with van der Waals surface area (Å²) in [4.78, 5) is 15.5. The van der Waals surface area contributed by atoms with Crippen LogP contribution in [0.4, 0.5) is 10.1 Å². The molecule has 1 heterocycles. The number of amides is 1. The largest absolute Gasteiger partial charge is 0.494 e. The van der Waals surface area contributed by atoms with Crippen LogP contribution in [0.3, 0.4) is 0 Å². The topological polar surface area (TPSA) is 59.0 Å². The molecule has 1 fully saturated rings. The minimum absolute atomic E-state index is 0.0213. The maximum atomic E-state index is 13.7. The van der Waals surface area contributed by atoms with Crippen molar-refractivity contribution in [1.29, 1.82) is 0 Å². The number of aliphatic hydroxyl groups excluding tert-OH is 1. The molecule has 0 unspecified atom stereocenters. The average Bonchev–Trinajstić information content (AvgIpc) is 3.05. The van der Waals surface area contributed by atoms with Crippen LogP contribution in [0.5, 0.6) is 11.5 Å². The third kappa shape index (κ3) is 7.31. The van der Waals surface area contributed by atoms with Gasteiger partial charge in [0, 0.05) is 11.3 Å². The molecule has 0 aliphatic carbocycles. The number of β-lactam (4-membered cyclic amide) rings is 1. The summed E-state index contributed by atoms with van der Waals surface area (Å²) < 4.78 is 25.8. The summed E-state index contributed by atoms with van der Waals surface area (Å²) in [5.41, 5.74) is 4.47. The molecule has 4 aromatic carbocycles. The zero-order chi connectivity index (χ0) is 30.9. The Morgan fingerprint density at radius 3 is 2.25 bits per heavy atom. The van der Waals surface area contributed by atoms with Gasteiger partial charge in [-0.3, -0.25) is 4.79 Å². The number of para-hydroxylation sites is 1. The highest BCUT2D eigenvalue weighted by atomic mass is 19.1. The fraction of sp³-hybridized carbons (Fsp3) is 0.342. The van der Waals surface area contributed by atoms with Gasteiger partial charge in [-0.05, 0) is 84.8 Å². The number of carbonyl (C=O) groups is 1. The summed E-state index contributed by atoms with van der Waals surface area (Å²) in [7, 11) is 0. The highest BCUT2D eigenvalue weighted by Gasteiger charge is 2.49. The molecule has 1 saturated heterocycles. The Morgan fingerprint density at radius 2 is 1.52 bits per heavy atom. The fourth-order valence-electron chi connectivity index (χ4n) is 5.76. The normalized spacial score (nSPS) is 16.8. The molecule has 1 amide bonds. The van der Waals surface area contributed by atoms with Crippen LogP contribution < -0.4 is 14.4 Å². The first kappa shape index (κ1) is 31.3. The lowest BCUT2D eigenvalue weighted by Crippen LogP contribution is -2.55. The van der Waals surface area contributed by atoms with E-state index in [2.05, 4.69) is 44.2 Å². The molecule has 5 nitrogen and oxygen atoms in total. The van der Waals surface area contributed by atoms with Gasteiger partial charge in [0.2, 0.25) is 5.91 Å². The van der Waals surface area contributed by atoms with Gasteiger partial charge in [-0.1, -0.05) is 81.3 Å². The molecular formula is C38H42FNO4. The third-order valence-corrected chi connectivity index (χ3v) is 8.28. The van der Waals surface area contributed by atoms with Gasteiger partial charge in [-0.2, -0.15) is 0 Å². The number of aliphatic hydroxyl groups is 1. The molecule has 0 aromatic heterocycles. The van der Waals surface area contributed by atoms with Gasteiger partial charge in [-0.15, -0.1) is 0 Å². The van der Waals surface area contributed by atoms with Gasteiger partial charge in [0.15, 0.2) is 0 Å². The molecule has 6 heteroatoms. The average molecular weight is 596 g/mol. The van der Waals surface area contributed by atoms with Crippen molar-refractivity contribution in [2.24, 2.45) is 5.92 Å². The summed E-state index contributed by atoms with van der Waals surface area (Å²) >= 11 is 0. The van der Waals surface area contributed by atoms with Crippen molar-refractivity contribution in [1.82, 2.24) is 0 Å². The molecule has 1 aliphatic heterocycles. The highest BCUT2D eigenvalue weighted by Crippen LogP contribution is 2.49. The van der Waals surface area contributed by atoms with Gasteiger partial charge in [0.05, 0.1) is 31.3 Å². The van der Waals surface area contributed by atoms with Crippen LogP contribution in [0.2, 0.25) is 0 Å². The van der Waals surface area contributed by atoms with Crippen molar-refractivity contribution < 1.29 is 23.8 Å². The molecule has 1 N–H and O–H groups in total. The van der Waals surface area contributed by atoms with Crippen molar-refractivity contribution >= 4 is 11.6 Å². The summed E-state index contributed by atoms with van der Waals surface area (Å²) in [5, 5.41) is 10.9. The molecule has 0 radical (unpaired) electrons. The lowest BCUT2D eigenvalue weighted by Gasteiger charge is -2.48. The maximum Gasteiger partial charge on any atom is 0.233 e. The van der Waals surface area contributed by atoms with Crippen molar-refractivity contribution in [3.63, 3.8) is 0 Å². The van der Waals surface area contributed by atoms with Crippen LogP contribution in [-0.2, 0) is 4.79 Å². The first-order valence-electron chi connectivity index (χ1n) is 15.8. The maximum absolute atomic E-state index is 13.7. The van der Waals surface area contributed by atoms with Crippen molar-refractivity contribution in [2.75, 3.05) is 18.1 Å². The van der Waals surface area contributed by atoms with E-state index in [1.807, 2.05) is 47.4 Å². The zero-order valence-corrected chi connectivity index (χ0v) is 25.6. The number of unbranched alkanes of at least 4 members (excludes halogenated alkanes) is 2. The van der Waals surface area contributed by atoms with E-state index in [1.54, 1.807) is 12.1 Å². The molecular weight excluding hydrogens is 553 g/mol. The number of anilines is 1. The van der Waals surface area contributed by atoms with E-state index in [9.17, 15) is 14.3 Å². The second-order valence-corrected chi connectivity index (χ2v) is 11.4. The molecule has 0 bridgehead atoms. The number of rotatable bonds is 15. The number of ether oxygens (including phenoxy) is 2. The Bertz CT molecular complexity index is 1510. The third-order valence-electron chi connectivity index (χ3n) is 8.28. The lowest BCUT2D eigenvalue weighted by molar-refractivity contribution is -0.131.